The van der Waals surface area contributed by atoms with E-state index in [0.717, 1.165) is 5.92 Å². The van der Waals surface area contributed by atoms with E-state index in [1.54, 1.807) is 11.1 Å². The van der Waals surface area contributed by atoms with Crippen LogP contribution in [0.15, 0.2) is 24.3 Å². The summed E-state index contributed by atoms with van der Waals surface area (Å²) in [5.41, 5.74) is 3.17. The first-order chi connectivity index (χ1) is 7.92. The fourth-order valence-electron chi connectivity index (χ4n) is 3.04. The van der Waals surface area contributed by atoms with Crippen LogP contribution in [0.3, 0.4) is 0 Å². The van der Waals surface area contributed by atoms with E-state index >= 15 is 0 Å². The fourth-order valence-corrected chi connectivity index (χ4v) is 3.04. The first-order valence-electron chi connectivity index (χ1n) is 6.41. The molecule has 0 aromatic heterocycles. The van der Waals surface area contributed by atoms with E-state index in [1.807, 2.05) is 0 Å². The average Bonchev–Trinajstić information content (AvgIpc) is 2.72. The van der Waals surface area contributed by atoms with Gasteiger partial charge in [0.1, 0.15) is 0 Å². The van der Waals surface area contributed by atoms with Crippen LogP contribution in [-0.4, -0.2) is 37.6 Å². The average molecular weight is 216 g/mol. The van der Waals surface area contributed by atoms with Gasteiger partial charge in [0.05, 0.1) is 0 Å². The molecule has 1 saturated heterocycles. The maximum absolute atomic E-state index is 3.42. The first-order valence-corrected chi connectivity index (χ1v) is 6.41. The third-order valence-electron chi connectivity index (χ3n) is 3.86. The fraction of sp³-hybridized carbons (Fsp3) is 0.571. The lowest BCUT2D eigenvalue weighted by molar-refractivity contribution is 0.208. The molecule has 16 heavy (non-hydrogen) atoms. The highest BCUT2D eigenvalue weighted by Gasteiger charge is 2.23. The second-order valence-corrected chi connectivity index (χ2v) is 5.09. The van der Waals surface area contributed by atoms with E-state index in [0.29, 0.717) is 0 Å². The number of nitrogens with zero attached hydrogens (tertiary/aromatic N) is 1. The van der Waals surface area contributed by atoms with Crippen molar-refractivity contribution in [3.05, 3.63) is 35.4 Å². The summed E-state index contributed by atoms with van der Waals surface area (Å²) in [6, 6.07) is 8.94. The molecular weight excluding hydrogens is 196 g/mol. The molecule has 3 rings (SSSR count). The number of piperazine rings is 1. The van der Waals surface area contributed by atoms with Crippen LogP contribution in [0.4, 0.5) is 0 Å². The number of hydrogen-bond acceptors (Lipinski definition) is 2. The van der Waals surface area contributed by atoms with Gasteiger partial charge in [0.25, 0.3) is 0 Å². The van der Waals surface area contributed by atoms with Gasteiger partial charge in [0.2, 0.25) is 0 Å². The molecule has 0 saturated carbocycles. The summed E-state index contributed by atoms with van der Waals surface area (Å²) in [6.45, 7) is 6.08. The van der Waals surface area contributed by atoms with Gasteiger partial charge in [-0.1, -0.05) is 24.3 Å². The highest BCUT2D eigenvalue weighted by atomic mass is 15.2. The first kappa shape index (κ1) is 10.3. The maximum Gasteiger partial charge on any atom is 0.0107 e. The predicted octanol–water partition coefficient (Wildman–Crippen LogP) is 1.31. The Morgan fingerprint density at radius 2 is 1.69 bits per heavy atom. The van der Waals surface area contributed by atoms with Gasteiger partial charge < -0.3 is 10.2 Å². The van der Waals surface area contributed by atoms with Crippen LogP contribution in [0.5, 0.6) is 0 Å². The monoisotopic (exact) mass is 216 g/mol. The summed E-state index contributed by atoms with van der Waals surface area (Å²) in [4.78, 5) is 2.62. The predicted molar refractivity (Wildman–Crippen MR) is 66.6 cm³/mol. The number of nitrogens with one attached hydrogen (secondary N) is 1. The molecule has 1 aromatic rings. The van der Waals surface area contributed by atoms with Crippen LogP contribution in [0, 0.1) is 5.92 Å². The van der Waals surface area contributed by atoms with Crippen molar-refractivity contribution in [1.82, 2.24) is 10.2 Å². The van der Waals surface area contributed by atoms with E-state index in [4.69, 9.17) is 0 Å². The summed E-state index contributed by atoms with van der Waals surface area (Å²) < 4.78 is 0. The van der Waals surface area contributed by atoms with Gasteiger partial charge in [-0.2, -0.15) is 0 Å². The molecule has 1 N–H and O–H groups in total. The minimum atomic E-state index is 0.857. The molecule has 86 valence electrons. The molecule has 0 unspecified atom stereocenters. The van der Waals surface area contributed by atoms with Crippen molar-refractivity contribution in [2.24, 2.45) is 5.92 Å². The van der Waals surface area contributed by atoms with Crippen LogP contribution in [0.2, 0.25) is 0 Å². The third kappa shape index (κ3) is 2.13. The SMILES string of the molecule is c1ccc2c(c1)CC(CN1CCNCC1)C2. The van der Waals surface area contributed by atoms with Crippen molar-refractivity contribution in [2.75, 3.05) is 32.7 Å². The van der Waals surface area contributed by atoms with E-state index < -0.39 is 0 Å². The quantitative estimate of drug-likeness (QED) is 0.802. The zero-order chi connectivity index (χ0) is 10.8. The third-order valence-corrected chi connectivity index (χ3v) is 3.86. The minimum absolute atomic E-state index is 0.857. The zero-order valence-electron chi connectivity index (χ0n) is 9.78. The molecular formula is C14H20N2. The van der Waals surface area contributed by atoms with Crippen LogP contribution in [0.25, 0.3) is 0 Å². The molecule has 1 aliphatic heterocycles. The Kier molecular flexibility index (Phi) is 2.94. The van der Waals surface area contributed by atoms with Gasteiger partial charge in [-0.05, 0) is 29.9 Å². The van der Waals surface area contributed by atoms with Crippen LogP contribution in [-0.2, 0) is 12.8 Å². The summed E-state index contributed by atoms with van der Waals surface area (Å²) in [7, 11) is 0. The van der Waals surface area contributed by atoms with Crippen molar-refractivity contribution >= 4 is 0 Å². The number of rotatable bonds is 2. The number of fused-ring (bicyclic) bond motifs is 1. The van der Waals surface area contributed by atoms with Crippen molar-refractivity contribution in [1.29, 1.82) is 0 Å². The van der Waals surface area contributed by atoms with Gasteiger partial charge in [0.15, 0.2) is 0 Å². The van der Waals surface area contributed by atoms with E-state index in [2.05, 4.69) is 34.5 Å². The maximum atomic E-state index is 3.42. The normalized spacial score (nSPS) is 22.2. The largest absolute Gasteiger partial charge is 0.314 e. The van der Waals surface area contributed by atoms with Crippen LogP contribution < -0.4 is 5.32 Å². The molecule has 2 aliphatic rings. The lowest BCUT2D eigenvalue weighted by Crippen LogP contribution is -2.45. The van der Waals surface area contributed by atoms with Crippen molar-refractivity contribution < 1.29 is 0 Å². The number of benzene rings is 1. The van der Waals surface area contributed by atoms with Crippen LogP contribution >= 0.6 is 0 Å². The van der Waals surface area contributed by atoms with Gasteiger partial charge >= 0.3 is 0 Å². The topological polar surface area (TPSA) is 15.3 Å². The van der Waals surface area contributed by atoms with Gasteiger partial charge in [-0.3, -0.25) is 0 Å². The van der Waals surface area contributed by atoms with Crippen LogP contribution in [0.1, 0.15) is 11.1 Å². The van der Waals surface area contributed by atoms with Gasteiger partial charge in [-0.25, -0.2) is 0 Å². The minimum Gasteiger partial charge on any atom is -0.314 e. The molecule has 2 nitrogen and oxygen atoms in total. The Bertz CT molecular complexity index is 331. The van der Waals surface area contributed by atoms with E-state index in [-0.39, 0.29) is 0 Å². The molecule has 2 heteroatoms. The molecule has 1 heterocycles. The number of hydrogen-bond donors (Lipinski definition) is 1. The highest BCUT2D eigenvalue weighted by Crippen LogP contribution is 2.26. The summed E-state index contributed by atoms with van der Waals surface area (Å²) in [5, 5.41) is 3.42. The Hall–Kier alpha value is -0.860. The molecule has 1 fully saturated rings. The lowest BCUT2D eigenvalue weighted by atomic mass is 10.1. The molecule has 0 radical (unpaired) electrons. The molecule has 0 spiro atoms. The van der Waals surface area contributed by atoms with Crippen molar-refractivity contribution in [3.8, 4) is 0 Å². The van der Waals surface area contributed by atoms with Gasteiger partial charge in [-0.15, -0.1) is 0 Å². The molecule has 0 bridgehead atoms. The standard InChI is InChI=1S/C14H20N2/c1-2-4-14-10-12(9-13(14)3-1)11-16-7-5-15-6-8-16/h1-4,12,15H,5-11H2. The van der Waals surface area contributed by atoms with E-state index in [9.17, 15) is 0 Å². The zero-order valence-corrected chi connectivity index (χ0v) is 9.78. The smallest absolute Gasteiger partial charge is 0.0107 e. The summed E-state index contributed by atoms with van der Waals surface area (Å²) >= 11 is 0. The Morgan fingerprint density at radius 3 is 2.31 bits per heavy atom. The second kappa shape index (κ2) is 4.56. The summed E-state index contributed by atoms with van der Waals surface area (Å²) in [5.74, 6) is 0.857. The van der Waals surface area contributed by atoms with Crippen molar-refractivity contribution in [3.63, 3.8) is 0 Å². The highest BCUT2D eigenvalue weighted by molar-refractivity contribution is 5.32. The molecule has 1 aromatic carbocycles. The second-order valence-electron chi connectivity index (χ2n) is 5.09. The molecule has 1 aliphatic carbocycles. The van der Waals surface area contributed by atoms with E-state index in [1.165, 1.54) is 45.6 Å². The lowest BCUT2D eigenvalue weighted by Gasteiger charge is -2.29. The Labute approximate surface area is 97.6 Å². The Morgan fingerprint density at radius 1 is 1.06 bits per heavy atom. The summed E-state index contributed by atoms with van der Waals surface area (Å²) in [6.07, 6.45) is 2.58. The van der Waals surface area contributed by atoms with Crippen molar-refractivity contribution in [2.45, 2.75) is 12.8 Å². The molecule has 0 atom stereocenters. The van der Waals surface area contributed by atoms with Gasteiger partial charge in [0, 0.05) is 32.7 Å². The Balaban J connectivity index is 1.59. The molecule has 0 amide bonds.